The summed E-state index contributed by atoms with van der Waals surface area (Å²) in [6, 6.07) is 2.73. The molecule has 3 aliphatic rings. The first kappa shape index (κ1) is 13.7. The summed E-state index contributed by atoms with van der Waals surface area (Å²) in [6.45, 7) is 2.09. The molecule has 0 radical (unpaired) electrons. The fourth-order valence-electron chi connectivity index (χ4n) is 3.81. The molecule has 1 N–H and O–H groups in total. The Morgan fingerprint density at radius 3 is 3.05 bits per heavy atom. The van der Waals surface area contributed by atoms with Gasteiger partial charge in [0, 0.05) is 17.5 Å². The Bertz CT molecular complexity index is 540. The summed E-state index contributed by atoms with van der Waals surface area (Å²) in [6.07, 6.45) is 3.54. The van der Waals surface area contributed by atoms with Crippen molar-refractivity contribution in [2.45, 2.75) is 31.3 Å². The molecular weight excluding hydrogens is 284 g/mol. The van der Waals surface area contributed by atoms with Crippen molar-refractivity contribution < 1.29 is 9.53 Å². The number of hydrogen-bond acceptors (Lipinski definition) is 4. The molecule has 4 rings (SSSR count). The van der Waals surface area contributed by atoms with E-state index in [9.17, 15) is 4.79 Å². The number of likely N-dealkylation sites (N-methyl/N-ethyl adjacent to an activating group) is 1. The third-order valence-electron chi connectivity index (χ3n) is 5.13. The smallest absolute Gasteiger partial charge is 0.230 e. The van der Waals surface area contributed by atoms with Crippen LogP contribution in [-0.4, -0.2) is 43.7 Å². The molecule has 1 aromatic rings. The van der Waals surface area contributed by atoms with E-state index in [-0.39, 0.29) is 12.0 Å². The van der Waals surface area contributed by atoms with E-state index in [1.54, 1.807) is 0 Å². The van der Waals surface area contributed by atoms with E-state index in [0.29, 0.717) is 31.1 Å². The summed E-state index contributed by atoms with van der Waals surface area (Å²) in [7, 11) is 1.92. The maximum atomic E-state index is 13.1. The first-order valence-electron chi connectivity index (χ1n) is 7.91. The molecule has 5 heteroatoms. The summed E-state index contributed by atoms with van der Waals surface area (Å²) < 4.78 is 5.53. The number of carbonyl (C=O) groups is 1. The van der Waals surface area contributed by atoms with Gasteiger partial charge in [0.15, 0.2) is 0 Å². The van der Waals surface area contributed by atoms with Gasteiger partial charge in [0.1, 0.15) is 0 Å². The quantitative estimate of drug-likeness (QED) is 0.926. The molecule has 1 saturated carbocycles. The Kier molecular flexibility index (Phi) is 3.52. The largest absolute Gasteiger partial charge is 0.379 e. The molecule has 4 nitrogen and oxygen atoms in total. The van der Waals surface area contributed by atoms with Crippen LogP contribution in [0.15, 0.2) is 11.4 Å². The molecule has 2 fully saturated rings. The maximum Gasteiger partial charge on any atom is 0.230 e. The van der Waals surface area contributed by atoms with Crippen molar-refractivity contribution >= 4 is 17.2 Å². The van der Waals surface area contributed by atoms with Crippen molar-refractivity contribution in [2.24, 2.45) is 11.8 Å². The molecule has 1 aliphatic carbocycles. The predicted octanol–water partition coefficient (Wildman–Crippen LogP) is 1.82. The van der Waals surface area contributed by atoms with E-state index >= 15 is 0 Å². The molecule has 1 saturated heterocycles. The number of nitrogens with one attached hydrogen (secondary N) is 1. The SMILES string of the molecule is CNC1COCC1C(=O)N1CCc2sccc2C1C1CC1. The minimum atomic E-state index is -0.0172. The van der Waals surface area contributed by atoms with Gasteiger partial charge in [0.2, 0.25) is 5.91 Å². The highest BCUT2D eigenvalue weighted by atomic mass is 32.1. The van der Waals surface area contributed by atoms with Crippen LogP contribution in [0.25, 0.3) is 0 Å². The van der Waals surface area contributed by atoms with Crippen LogP contribution < -0.4 is 5.32 Å². The predicted molar refractivity (Wildman–Crippen MR) is 82.4 cm³/mol. The summed E-state index contributed by atoms with van der Waals surface area (Å²) in [5, 5.41) is 5.42. The lowest BCUT2D eigenvalue weighted by Crippen LogP contribution is -2.48. The normalized spacial score (nSPS) is 32.2. The zero-order valence-corrected chi connectivity index (χ0v) is 13.2. The van der Waals surface area contributed by atoms with Gasteiger partial charge in [-0.3, -0.25) is 4.79 Å². The zero-order valence-electron chi connectivity index (χ0n) is 12.4. The van der Waals surface area contributed by atoms with E-state index in [1.807, 2.05) is 18.4 Å². The van der Waals surface area contributed by atoms with Crippen LogP contribution in [0.2, 0.25) is 0 Å². The number of amides is 1. The molecule has 3 unspecified atom stereocenters. The lowest BCUT2D eigenvalue weighted by Gasteiger charge is -2.38. The van der Waals surface area contributed by atoms with Crippen molar-refractivity contribution in [2.75, 3.05) is 26.8 Å². The van der Waals surface area contributed by atoms with E-state index in [4.69, 9.17) is 4.74 Å². The monoisotopic (exact) mass is 306 g/mol. The van der Waals surface area contributed by atoms with Crippen LogP contribution in [-0.2, 0) is 16.0 Å². The average molecular weight is 306 g/mol. The van der Waals surface area contributed by atoms with Crippen molar-refractivity contribution in [3.8, 4) is 0 Å². The van der Waals surface area contributed by atoms with E-state index in [2.05, 4.69) is 21.7 Å². The first-order chi connectivity index (χ1) is 10.3. The third-order valence-corrected chi connectivity index (χ3v) is 6.13. The van der Waals surface area contributed by atoms with Crippen molar-refractivity contribution in [3.05, 3.63) is 21.9 Å². The fourth-order valence-corrected chi connectivity index (χ4v) is 4.72. The molecule has 0 spiro atoms. The van der Waals surface area contributed by atoms with Crippen LogP contribution in [0.1, 0.15) is 29.3 Å². The van der Waals surface area contributed by atoms with Gasteiger partial charge in [-0.15, -0.1) is 11.3 Å². The highest BCUT2D eigenvalue weighted by Crippen LogP contribution is 2.48. The Morgan fingerprint density at radius 2 is 2.29 bits per heavy atom. The number of hydrogen-bond donors (Lipinski definition) is 1. The van der Waals surface area contributed by atoms with Crippen LogP contribution >= 0.6 is 11.3 Å². The Morgan fingerprint density at radius 1 is 1.43 bits per heavy atom. The molecule has 21 heavy (non-hydrogen) atoms. The average Bonchev–Trinajstić information content (AvgIpc) is 3.04. The second kappa shape index (κ2) is 5.38. The number of nitrogens with zero attached hydrogens (tertiary/aromatic N) is 1. The maximum absolute atomic E-state index is 13.1. The van der Waals surface area contributed by atoms with Gasteiger partial charge in [-0.25, -0.2) is 0 Å². The van der Waals surface area contributed by atoms with E-state index in [1.165, 1.54) is 23.3 Å². The minimum absolute atomic E-state index is 0.0172. The summed E-state index contributed by atoms with van der Waals surface area (Å²) in [5.41, 5.74) is 1.42. The lowest BCUT2D eigenvalue weighted by molar-refractivity contribution is -0.139. The summed E-state index contributed by atoms with van der Waals surface area (Å²) >= 11 is 1.85. The Hall–Kier alpha value is -0.910. The van der Waals surface area contributed by atoms with Crippen LogP contribution in [0.3, 0.4) is 0 Å². The van der Waals surface area contributed by atoms with Crippen molar-refractivity contribution in [3.63, 3.8) is 0 Å². The number of fused-ring (bicyclic) bond motifs is 1. The second-order valence-corrected chi connectivity index (χ2v) is 7.40. The van der Waals surface area contributed by atoms with Gasteiger partial charge < -0.3 is 15.0 Å². The van der Waals surface area contributed by atoms with Gasteiger partial charge in [0.25, 0.3) is 0 Å². The van der Waals surface area contributed by atoms with Gasteiger partial charge in [-0.2, -0.15) is 0 Å². The van der Waals surface area contributed by atoms with E-state index in [0.717, 1.165) is 13.0 Å². The number of thiophene rings is 1. The Labute approximate surface area is 129 Å². The molecule has 1 aromatic heterocycles. The molecule has 0 aromatic carbocycles. The van der Waals surface area contributed by atoms with Crippen LogP contribution in [0, 0.1) is 11.8 Å². The van der Waals surface area contributed by atoms with Gasteiger partial charge in [0.05, 0.1) is 25.2 Å². The second-order valence-electron chi connectivity index (χ2n) is 6.40. The standard InChI is InChI=1S/C16H22N2O2S/c1-17-13-9-20-8-12(13)16(19)18-6-4-14-11(5-7-21-14)15(18)10-2-3-10/h5,7,10,12-13,15,17H,2-4,6,8-9H2,1H3. The molecule has 0 bridgehead atoms. The first-order valence-corrected chi connectivity index (χ1v) is 8.79. The van der Waals surface area contributed by atoms with Crippen LogP contribution in [0.4, 0.5) is 0 Å². The third kappa shape index (κ3) is 2.31. The molecule has 114 valence electrons. The molecule has 3 heterocycles. The Balaban J connectivity index is 1.60. The molecule has 1 amide bonds. The van der Waals surface area contributed by atoms with Gasteiger partial charge in [-0.05, 0) is 49.2 Å². The molecule has 2 aliphatic heterocycles. The zero-order chi connectivity index (χ0) is 14.4. The van der Waals surface area contributed by atoms with Gasteiger partial charge >= 0.3 is 0 Å². The number of ether oxygens (including phenoxy) is 1. The fraction of sp³-hybridized carbons (Fsp3) is 0.688. The van der Waals surface area contributed by atoms with Crippen molar-refractivity contribution in [1.29, 1.82) is 0 Å². The molecular formula is C16H22N2O2S. The number of carbonyl (C=O) groups excluding carboxylic acids is 1. The van der Waals surface area contributed by atoms with Gasteiger partial charge in [-0.1, -0.05) is 0 Å². The van der Waals surface area contributed by atoms with Crippen LogP contribution in [0.5, 0.6) is 0 Å². The van der Waals surface area contributed by atoms with E-state index < -0.39 is 0 Å². The molecule has 3 atom stereocenters. The highest BCUT2D eigenvalue weighted by molar-refractivity contribution is 7.10. The summed E-state index contributed by atoms with van der Waals surface area (Å²) in [5.74, 6) is 0.954. The summed E-state index contributed by atoms with van der Waals surface area (Å²) in [4.78, 5) is 16.7. The highest BCUT2D eigenvalue weighted by Gasteiger charge is 2.45. The topological polar surface area (TPSA) is 41.6 Å². The lowest BCUT2D eigenvalue weighted by atomic mass is 9.93. The minimum Gasteiger partial charge on any atom is -0.379 e. The van der Waals surface area contributed by atoms with Crippen molar-refractivity contribution in [1.82, 2.24) is 10.2 Å². The number of rotatable bonds is 3.